The van der Waals surface area contributed by atoms with Crippen molar-refractivity contribution in [2.75, 3.05) is 27.2 Å². The molecular formula is C27H30ClFN4O3. The van der Waals surface area contributed by atoms with Gasteiger partial charge in [0.2, 0.25) is 0 Å². The largest absolute Gasteiger partial charge is 0.358 e. The average molecular weight is 513 g/mol. The van der Waals surface area contributed by atoms with Crippen LogP contribution in [0, 0.1) is 12.7 Å². The number of likely N-dealkylation sites (N-methyl/N-ethyl adjacent to an activating group) is 1. The van der Waals surface area contributed by atoms with E-state index in [1.807, 2.05) is 6.92 Å². The molecule has 0 aliphatic carbocycles. The number of nitrogens with zero attached hydrogens (tertiary/aromatic N) is 3. The molecule has 0 spiro atoms. The number of aromatic nitrogens is 1. The van der Waals surface area contributed by atoms with Gasteiger partial charge in [0.05, 0.1) is 16.1 Å². The van der Waals surface area contributed by atoms with Crippen LogP contribution in [0.5, 0.6) is 0 Å². The van der Waals surface area contributed by atoms with Crippen LogP contribution < -0.4 is 0 Å². The maximum atomic E-state index is 13.7. The van der Waals surface area contributed by atoms with Crippen molar-refractivity contribution in [2.24, 2.45) is 0 Å². The number of amides is 2. The molecule has 1 saturated heterocycles. The van der Waals surface area contributed by atoms with Gasteiger partial charge in [0, 0.05) is 62.4 Å². The summed E-state index contributed by atoms with van der Waals surface area (Å²) in [6.07, 6.45) is 0. The second kappa shape index (κ2) is 10.0. The summed E-state index contributed by atoms with van der Waals surface area (Å²) in [5.41, 5.74) is 2.69. The van der Waals surface area contributed by atoms with Crippen molar-refractivity contribution < 1.29 is 18.8 Å². The van der Waals surface area contributed by atoms with Crippen molar-refractivity contribution in [1.29, 1.82) is 0 Å². The van der Waals surface area contributed by atoms with Crippen molar-refractivity contribution in [3.8, 4) is 0 Å². The highest BCUT2D eigenvalue weighted by Gasteiger charge is 2.34. The lowest BCUT2D eigenvalue weighted by Gasteiger charge is -2.44. The van der Waals surface area contributed by atoms with Crippen LogP contribution in [-0.2, 0) is 11.3 Å². The molecule has 1 aliphatic heterocycles. The molecule has 2 atom stereocenters. The minimum atomic E-state index is -0.638. The average Bonchev–Trinajstić information content (AvgIpc) is 3.14. The first-order valence-electron chi connectivity index (χ1n) is 11.8. The first kappa shape index (κ1) is 25.9. The minimum Gasteiger partial charge on any atom is -0.358 e. The summed E-state index contributed by atoms with van der Waals surface area (Å²) in [4.78, 5) is 47.3. The van der Waals surface area contributed by atoms with E-state index in [1.54, 1.807) is 36.1 Å². The second-order valence-electron chi connectivity index (χ2n) is 9.74. The Morgan fingerprint density at radius 1 is 1.08 bits per heavy atom. The highest BCUT2D eigenvalue weighted by Crippen LogP contribution is 2.31. The van der Waals surface area contributed by atoms with Crippen LogP contribution in [0.2, 0.25) is 5.02 Å². The number of hydrogen-bond acceptors (Lipinski definition) is 4. The lowest BCUT2D eigenvalue weighted by atomic mass is 10.0. The van der Waals surface area contributed by atoms with E-state index in [0.29, 0.717) is 41.8 Å². The molecule has 2 heterocycles. The van der Waals surface area contributed by atoms with Crippen LogP contribution in [0.4, 0.5) is 4.39 Å². The monoisotopic (exact) mass is 512 g/mol. The van der Waals surface area contributed by atoms with Gasteiger partial charge >= 0.3 is 0 Å². The molecule has 1 aromatic heterocycles. The molecule has 2 amide bonds. The van der Waals surface area contributed by atoms with Gasteiger partial charge in [0.25, 0.3) is 17.6 Å². The molecule has 0 radical (unpaired) electrons. The van der Waals surface area contributed by atoms with Gasteiger partial charge in [-0.25, -0.2) is 4.39 Å². The van der Waals surface area contributed by atoms with E-state index in [0.717, 1.165) is 5.56 Å². The number of aromatic amines is 1. The molecule has 1 fully saturated rings. The maximum Gasteiger partial charge on any atom is 0.294 e. The number of carbonyl (C=O) groups excluding carboxylic acids is 3. The van der Waals surface area contributed by atoms with Gasteiger partial charge in [-0.1, -0.05) is 23.7 Å². The summed E-state index contributed by atoms with van der Waals surface area (Å²) in [6.45, 7) is 7.56. The summed E-state index contributed by atoms with van der Waals surface area (Å²) in [6, 6.07) is 9.68. The zero-order chi connectivity index (χ0) is 26.3. The van der Waals surface area contributed by atoms with Crippen LogP contribution in [0.1, 0.15) is 45.8 Å². The Labute approximate surface area is 214 Å². The van der Waals surface area contributed by atoms with E-state index < -0.39 is 11.7 Å². The van der Waals surface area contributed by atoms with Crippen molar-refractivity contribution in [3.63, 3.8) is 0 Å². The number of halogens is 2. The molecule has 7 nitrogen and oxygen atoms in total. The Balaban J connectivity index is 1.60. The fourth-order valence-corrected chi connectivity index (χ4v) is 5.04. The molecule has 9 heteroatoms. The number of piperazine rings is 1. The number of ketones is 1. The number of aryl methyl sites for hydroxylation is 1. The Hall–Kier alpha value is -3.23. The van der Waals surface area contributed by atoms with Gasteiger partial charge in [-0.2, -0.15) is 0 Å². The molecule has 2 aromatic carbocycles. The fraction of sp³-hybridized carbons (Fsp3) is 0.370. The number of nitrogens with one attached hydrogen (secondary N) is 1. The zero-order valence-corrected chi connectivity index (χ0v) is 21.8. The first-order valence-corrected chi connectivity index (χ1v) is 12.2. The number of rotatable bonds is 5. The highest BCUT2D eigenvalue weighted by atomic mass is 35.5. The van der Waals surface area contributed by atoms with E-state index in [9.17, 15) is 18.8 Å². The molecule has 36 heavy (non-hydrogen) atoms. The quantitative estimate of drug-likeness (QED) is 0.409. The first-order chi connectivity index (χ1) is 17.0. The normalized spacial score (nSPS) is 18.5. The standard InChI is InChI=1S/C27H30ClFN4O3/c1-15-13-33(16(2)12-32(15)14-18-6-8-19(29)9-7-18)26(35)20-10-21-23(11-22(20)28)30-17(3)24(21)25(34)27(36)31(4)5/h6-11,15-16,30H,12-14H2,1-5H3/t15-,16+/m0/s1. The fourth-order valence-electron chi connectivity index (χ4n) is 4.80. The van der Waals surface area contributed by atoms with Crippen LogP contribution in [0.25, 0.3) is 10.9 Å². The van der Waals surface area contributed by atoms with Crippen LogP contribution >= 0.6 is 11.6 Å². The van der Waals surface area contributed by atoms with Crippen molar-refractivity contribution in [1.82, 2.24) is 19.7 Å². The van der Waals surface area contributed by atoms with Crippen LogP contribution in [-0.4, -0.2) is 76.5 Å². The van der Waals surface area contributed by atoms with Crippen molar-refractivity contribution in [2.45, 2.75) is 39.4 Å². The summed E-state index contributed by atoms with van der Waals surface area (Å²) in [7, 11) is 3.04. The number of Topliss-reactive ketones (excluding diaryl/α,β-unsaturated/α-hetero) is 1. The molecule has 0 bridgehead atoms. The predicted octanol–water partition coefficient (Wildman–Crippen LogP) is 4.27. The van der Waals surface area contributed by atoms with Crippen molar-refractivity contribution in [3.05, 3.63) is 69.6 Å². The van der Waals surface area contributed by atoms with E-state index in [1.165, 1.54) is 31.1 Å². The molecular weight excluding hydrogens is 483 g/mol. The Bertz CT molecular complexity index is 1340. The molecule has 3 aromatic rings. The molecule has 190 valence electrons. The van der Waals surface area contributed by atoms with Gasteiger partial charge in [0.1, 0.15) is 5.82 Å². The van der Waals surface area contributed by atoms with Gasteiger partial charge in [0.15, 0.2) is 0 Å². The maximum absolute atomic E-state index is 13.7. The molecule has 4 rings (SSSR count). The van der Waals surface area contributed by atoms with E-state index in [4.69, 9.17) is 11.6 Å². The summed E-state index contributed by atoms with van der Waals surface area (Å²) in [5, 5.41) is 0.774. The molecule has 0 saturated carbocycles. The van der Waals surface area contributed by atoms with Gasteiger partial charge in [-0.05, 0) is 50.6 Å². The SMILES string of the molecule is Cc1[nH]c2cc(Cl)c(C(=O)N3C[C@H](C)N(Cc4ccc(F)cc4)C[C@H]3C)cc2c1C(=O)C(=O)N(C)C. The van der Waals surface area contributed by atoms with E-state index in [2.05, 4.69) is 16.8 Å². The lowest BCUT2D eigenvalue weighted by Crippen LogP contribution is -2.57. The Morgan fingerprint density at radius 2 is 1.75 bits per heavy atom. The number of benzene rings is 2. The van der Waals surface area contributed by atoms with Gasteiger partial charge in [-0.15, -0.1) is 0 Å². The summed E-state index contributed by atoms with van der Waals surface area (Å²) in [5.74, 6) is -1.76. The number of hydrogen-bond donors (Lipinski definition) is 1. The minimum absolute atomic E-state index is 0.0714. The zero-order valence-electron chi connectivity index (χ0n) is 21.1. The third kappa shape index (κ3) is 4.88. The predicted molar refractivity (Wildman–Crippen MR) is 138 cm³/mol. The molecule has 1 N–H and O–H groups in total. The van der Waals surface area contributed by atoms with E-state index in [-0.39, 0.29) is 34.4 Å². The second-order valence-corrected chi connectivity index (χ2v) is 10.2. The Morgan fingerprint density at radius 3 is 2.39 bits per heavy atom. The van der Waals surface area contributed by atoms with E-state index >= 15 is 0 Å². The third-order valence-corrected chi connectivity index (χ3v) is 7.12. The van der Waals surface area contributed by atoms with Gasteiger partial charge < -0.3 is 14.8 Å². The van der Waals surface area contributed by atoms with Crippen molar-refractivity contribution >= 4 is 40.1 Å². The number of fused-ring (bicyclic) bond motifs is 1. The van der Waals surface area contributed by atoms with Gasteiger partial charge in [-0.3, -0.25) is 19.3 Å². The van der Waals surface area contributed by atoms with Crippen LogP contribution in [0.15, 0.2) is 36.4 Å². The van der Waals surface area contributed by atoms with Crippen LogP contribution in [0.3, 0.4) is 0 Å². The third-order valence-electron chi connectivity index (χ3n) is 6.81. The Kier molecular flexibility index (Phi) is 7.20. The lowest BCUT2D eigenvalue weighted by molar-refractivity contribution is -0.124. The summed E-state index contributed by atoms with van der Waals surface area (Å²) >= 11 is 6.54. The number of carbonyl (C=O) groups is 3. The molecule has 1 aliphatic rings. The highest BCUT2D eigenvalue weighted by molar-refractivity contribution is 6.45. The summed E-state index contributed by atoms with van der Waals surface area (Å²) < 4.78 is 13.3. The number of H-pyrrole nitrogens is 1. The topological polar surface area (TPSA) is 76.7 Å². The molecule has 0 unspecified atom stereocenters. The smallest absolute Gasteiger partial charge is 0.294 e.